The van der Waals surface area contributed by atoms with Gasteiger partial charge in [0.05, 0.1) is 12.3 Å². The Morgan fingerprint density at radius 2 is 1.78 bits per heavy atom. The third kappa shape index (κ3) is 2.40. The van der Waals surface area contributed by atoms with E-state index in [1.165, 1.54) is 38.5 Å². The summed E-state index contributed by atoms with van der Waals surface area (Å²) in [4.78, 5) is 11.7. The number of nitrogens with one attached hydrogen (secondary N) is 1. The van der Waals surface area contributed by atoms with Crippen LogP contribution in [0.5, 0.6) is 0 Å². The zero-order valence-corrected chi connectivity index (χ0v) is 11.6. The molecule has 4 bridgehead atoms. The number of thioether (sulfide) groups is 1. The number of carbonyl (C=O) groups excluding carboxylic acids is 1. The van der Waals surface area contributed by atoms with Crippen molar-refractivity contribution in [1.29, 1.82) is 0 Å². The molecular formula is C15H21NOS. The lowest BCUT2D eigenvalue weighted by Gasteiger charge is -2.56. The van der Waals surface area contributed by atoms with Gasteiger partial charge in [0.15, 0.2) is 0 Å². The number of hydrogen-bond donors (Lipinski definition) is 1. The maximum absolute atomic E-state index is 11.7. The summed E-state index contributed by atoms with van der Waals surface area (Å²) in [6.45, 7) is 0.361. The molecule has 3 heteroatoms. The first-order chi connectivity index (χ1) is 8.69. The van der Waals surface area contributed by atoms with Crippen molar-refractivity contribution in [2.75, 3.05) is 12.3 Å². The molecule has 0 radical (unpaired) electrons. The van der Waals surface area contributed by atoms with E-state index in [2.05, 4.69) is 11.2 Å². The van der Waals surface area contributed by atoms with Crippen LogP contribution in [0.15, 0.2) is 0 Å². The molecule has 1 N–H and O–H groups in total. The Labute approximate surface area is 114 Å². The topological polar surface area (TPSA) is 29.1 Å². The van der Waals surface area contributed by atoms with Crippen LogP contribution in [0.3, 0.4) is 0 Å². The van der Waals surface area contributed by atoms with Gasteiger partial charge in [0.1, 0.15) is 0 Å². The van der Waals surface area contributed by atoms with Gasteiger partial charge < -0.3 is 5.32 Å². The van der Waals surface area contributed by atoms with Gasteiger partial charge in [-0.3, -0.25) is 4.79 Å². The second-order valence-corrected chi connectivity index (χ2v) is 7.81. The zero-order valence-electron chi connectivity index (χ0n) is 10.8. The third-order valence-electron chi connectivity index (χ3n) is 4.88. The first kappa shape index (κ1) is 12.4. The van der Waals surface area contributed by atoms with Gasteiger partial charge in [0.2, 0.25) is 5.91 Å². The highest BCUT2D eigenvalue weighted by molar-refractivity contribution is 8.01. The number of rotatable bonds is 4. The fraction of sp³-hybridized carbons (Fsp3) is 0.800. The molecule has 4 aliphatic carbocycles. The minimum Gasteiger partial charge on any atom is -0.344 e. The van der Waals surface area contributed by atoms with Crippen LogP contribution in [0.25, 0.3) is 0 Å². The first-order valence-corrected chi connectivity index (χ1v) is 8.02. The quantitative estimate of drug-likeness (QED) is 0.789. The van der Waals surface area contributed by atoms with Crippen molar-refractivity contribution in [3.63, 3.8) is 0 Å². The third-order valence-corrected chi connectivity index (χ3v) is 6.40. The summed E-state index contributed by atoms with van der Waals surface area (Å²) in [5.41, 5.74) is 0. The van der Waals surface area contributed by atoms with E-state index in [-0.39, 0.29) is 5.91 Å². The van der Waals surface area contributed by atoms with Crippen molar-refractivity contribution in [3.05, 3.63) is 0 Å². The maximum atomic E-state index is 11.7. The van der Waals surface area contributed by atoms with Gasteiger partial charge in [0.25, 0.3) is 0 Å². The van der Waals surface area contributed by atoms with Gasteiger partial charge >= 0.3 is 0 Å². The highest BCUT2D eigenvalue weighted by Gasteiger charge is 2.51. The zero-order chi connectivity index (χ0) is 12.6. The van der Waals surface area contributed by atoms with E-state index in [1.54, 1.807) is 0 Å². The average Bonchev–Trinajstić information content (AvgIpc) is 2.32. The summed E-state index contributed by atoms with van der Waals surface area (Å²) >= 11 is 1.91. The van der Waals surface area contributed by atoms with Crippen LogP contribution in [0.1, 0.15) is 38.5 Å². The molecule has 2 nitrogen and oxygen atoms in total. The van der Waals surface area contributed by atoms with E-state index in [9.17, 15) is 4.79 Å². The SMILES string of the molecule is C#CCNC(=O)CSC12CC3CC(CC(C3)C1)C2. The molecule has 0 heterocycles. The fourth-order valence-corrected chi connectivity index (χ4v) is 6.23. The molecule has 0 spiro atoms. The van der Waals surface area contributed by atoms with Crippen LogP contribution >= 0.6 is 11.8 Å². The van der Waals surface area contributed by atoms with Crippen molar-refractivity contribution in [2.45, 2.75) is 43.3 Å². The first-order valence-electron chi connectivity index (χ1n) is 7.03. The summed E-state index contributed by atoms with van der Waals surface area (Å²) in [5, 5.41) is 2.77. The highest BCUT2D eigenvalue weighted by atomic mass is 32.2. The summed E-state index contributed by atoms with van der Waals surface area (Å²) in [5.74, 6) is 6.02. The normalized spacial score (nSPS) is 40.5. The maximum Gasteiger partial charge on any atom is 0.230 e. The van der Waals surface area contributed by atoms with Crippen molar-refractivity contribution in [1.82, 2.24) is 5.32 Å². The highest BCUT2D eigenvalue weighted by Crippen LogP contribution is 2.60. The number of carbonyl (C=O) groups is 1. The number of amides is 1. The van der Waals surface area contributed by atoms with Gasteiger partial charge in [-0.15, -0.1) is 18.2 Å². The minimum absolute atomic E-state index is 0.105. The molecule has 0 aliphatic heterocycles. The summed E-state index contributed by atoms with van der Waals surface area (Å²) in [6, 6.07) is 0. The Morgan fingerprint density at radius 1 is 1.22 bits per heavy atom. The van der Waals surface area contributed by atoms with E-state index in [4.69, 9.17) is 6.42 Å². The fourth-order valence-electron chi connectivity index (χ4n) is 4.63. The van der Waals surface area contributed by atoms with Crippen molar-refractivity contribution in [2.24, 2.45) is 17.8 Å². The molecule has 0 atom stereocenters. The predicted octanol–water partition coefficient (Wildman–Crippen LogP) is 2.44. The van der Waals surface area contributed by atoms with Crippen molar-refractivity contribution < 1.29 is 4.79 Å². The standard InChI is InChI=1S/C15H21NOS/c1-2-3-16-14(17)10-18-15-7-11-4-12(8-15)6-13(5-11)9-15/h1,11-13H,3-10H2,(H,16,17). The molecule has 4 saturated carbocycles. The molecule has 0 aromatic heterocycles. The lowest BCUT2D eigenvalue weighted by atomic mass is 9.56. The van der Waals surface area contributed by atoms with Crippen LogP contribution in [-0.4, -0.2) is 23.0 Å². The van der Waals surface area contributed by atoms with E-state index in [0.717, 1.165) is 17.8 Å². The second kappa shape index (κ2) is 4.81. The lowest BCUT2D eigenvalue weighted by molar-refractivity contribution is -0.118. The van der Waals surface area contributed by atoms with Crippen molar-refractivity contribution in [3.8, 4) is 12.3 Å². The molecule has 4 rings (SSSR count). The molecule has 0 aromatic carbocycles. The molecule has 4 fully saturated rings. The van der Waals surface area contributed by atoms with E-state index in [0.29, 0.717) is 17.0 Å². The van der Waals surface area contributed by atoms with Crippen LogP contribution < -0.4 is 5.32 Å². The summed E-state index contributed by atoms with van der Waals surface area (Å²) in [7, 11) is 0. The molecule has 98 valence electrons. The van der Waals surface area contributed by atoms with Crippen LogP contribution in [-0.2, 0) is 4.79 Å². The minimum atomic E-state index is 0.105. The Hall–Kier alpha value is -0.620. The molecule has 1 amide bonds. The van der Waals surface area contributed by atoms with Gasteiger partial charge in [-0.25, -0.2) is 0 Å². The number of terminal acetylenes is 1. The Morgan fingerprint density at radius 3 is 2.28 bits per heavy atom. The monoisotopic (exact) mass is 263 g/mol. The van der Waals surface area contributed by atoms with Gasteiger partial charge in [-0.1, -0.05) is 5.92 Å². The average molecular weight is 263 g/mol. The van der Waals surface area contributed by atoms with Gasteiger partial charge in [-0.05, 0) is 56.3 Å². The summed E-state index contributed by atoms with van der Waals surface area (Å²) < 4.78 is 0.433. The Bertz CT molecular complexity index is 349. The Kier molecular flexibility index (Phi) is 3.32. The second-order valence-electron chi connectivity index (χ2n) is 6.37. The smallest absolute Gasteiger partial charge is 0.230 e. The van der Waals surface area contributed by atoms with Crippen LogP contribution in [0.2, 0.25) is 0 Å². The van der Waals surface area contributed by atoms with E-state index in [1.807, 2.05) is 11.8 Å². The lowest BCUT2D eigenvalue weighted by Crippen LogP contribution is -2.49. The van der Waals surface area contributed by atoms with E-state index >= 15 is 0 Å². The van der Waals surface area contributed by atoms with Gasteiger partial charge in [-0.2, -0.15) is 0 Å². The molecule has 4 aliphatic rings. The Balaban J connectivity index is 1.56. The number of hydrogen-bond acceptors (Lipinski definition) is 2. The molecule has 0 unspecified atom stereocenters. The molecule has 18 heavy (non-hydrogen) atoms. The van der Waals surface area contributed by atoms with Crippen molar-refractivity contribution >= 4 is 17.7 Å². The molecular weight excluding hydrogens is 242 g/mol. The largest absolute Gasteiger partial charge is 0.344 e. The summed E-state index contributed by atoms with van der Waals surface area (Å²) in [6.07, 6.45) is 13.6. The molecule has 0 saturated heterocycles. The molecule has 0 aromatic rings. The van der Waals surface area contributed by atoms with E-state index < -0.39 is 0 Å². The van der Waals surface area contributed by atoms with Crippen LogP contribution in [0.4, 0.5) is 0 Å². The van der Waals surface area contributed by atoms with Gasteiger partial charge in [0, 0.05) is 4.75 Å². The predicted molar refractivity (Wildman–Crippen MR) is 75.2 cm³/mol. The van der Waals surface area contributed by atoms with Crippen LogP contribution in [0, 0.1) is 30.1 Å².